The van der Waals surface area contributed by atoms with Crippen LogP contribution in [0.15, 0.2) is 30.3 Å². The van der Waals surface area contributed by atoms with E-state index in [0.717, 1.165) is 0 Å². The second-order valence-corrected chi connectivity index (χ2v) is 9.19. The monoisotopic (exact) mass is 439 g/mol. The molecule has 0 aliphatic carbocycles. The van der Waals surface area contributed by atoms with Crippen LogP contribution in [0.1, 0.15) is 51.9 Å². The maximum atomic E-state index is 12.5. The van der Waals surface area contributed by atoms with E-state index < -0.39 is 34.8 Å². The second-order valence-electron chi connectivity index (χ2n) is 7.60. The molecule has 0 aliphatic heterocycles. The normalized spacial score (nSPS) is 12.3. The molecule has 0 aromatic heterocycles. The zero-order valence-corrected chi connectivity index (χ0v) is 18.9. The minimum Gasteiger partial charge on any atom is -0.461 e. The summed E-state index contributed by atoms with van der Waals surface area (Å²) in [5.74, 6) is -1.99. The molecule has 1 unspecified atom stereocenters. The third kappa shape index (κ3) is 8.44. The zero-order chi connectivity index (χ0) is 22.9. The lowest BCUT2D eigenvalue weighted by Crippen LogP contribution is -2.54. The molecule has 0 heterocycles. The van der Waals surface area contributed by atoms with Crippen molar-refractivity contribution < 1.29 is 33.4 Å². The van der Waals surface area contributed by atoms with Gasteiger partial charge in [-0.05, 0) is 51.6 Å². The third-order valence-electron chi connectivity index (χ3n) is 3.82. The van der Waals surface area contributed by atoms with Crippen molar-refractivity contribution in [3.05, 3.63) is 35.9 Å². The number of benzene rings is 1. The molecule has 166 valence electrons. The molecule has 1 rings (SSSR count). The predicted molar refractivity (Wildman–Crippen MR) is 113 cm³/mol. The van der Waals surface area contributed by atoms with E-state index in [4.69, 9.17) is 14.2 Å². The van der Waals surface area contributed by atoms with Crippen LogP contribution in [0.4, 0.5) is 4.79 Å². The Morgan fingerprint density at radius 2 is 1.60 bits per heavy atom. The van der Waals surface area contributed by atoms with Crippen molar-refractivity contribution in [3.8, 4) is 0 Å². The predicted octanol–water partition coefficient (Wildman–Crippen LogP) is 3.54. The molecule has 1 N–H and O–H groups in total. The lowest BCUT2D eigenvalue weighted by molar-refractivity contribution is -0.152. The van der Waals surface area contributed by atoms with Crippen molar-refractivity contribution in [2.24, 2.45) is 5.92 Å². The van der Waals surface area contributed by atoms with Gasteiger partial charge in [-0.15, -0.1) is 0 Å². The lowest BCUT2D eigenvalue weighted by atomic mass is 10.0. The van der Waals surface area contributed by atoms with E-state index in [1.54, 1.807) is 71.9 Å². The number of carbonyl (C=O) groups is 4. The summed E-state index contributed by atoms with van der Waals surface area (Å²) in [5, 5.41) is 1.87. The molecule has 30 heavy (non-hydrogen) atoms. The molecule has 1 aromatic rings. The van der Waals surface area contributed by atoms with Crippen LogP contribution in [0.3, 0.4) is 0 Å². The first-order chi connectivity index (χ1) is 13.9. The molecule has 1 atom stereocenters. The first-order valence-electron chi connectivity index (χ1n) is 9.52. The van der Waals surface area contributed by atoms with E-state index in [2.05, 4.69) is 5.32 Å². The van der Waals surface area contributed by atoms with Gasteiger partial charge in [-0.25, -0.2) is 14.4 Å². The third-order valence-corrected chi connectivity index (χ3v) is 4.86. The molecular weight excluding hydrogens is 410 g/mol. The number of amides is 1. The smallest absolute Gasteiger partial charge is 0.370 e. The Kier molecular flexibility index (Phi) is 9.84. The zero-order valence-electron chi connectivity index (χ0n) is 18.1. The molecule has 1 aromatic carbocycles. The molecule has 1 amide bonds. The van der Waals surface area contributed by atoms with Crippen LogP contribution in [-0.2, 0) is 23.8 Å². The number of hydrogen-bond donors (Lipinski definition) is 1. The highest BCUT2D eigenvalue weighted by molar-refractivity contribution is 8.14. The number of carbonyl (C=O) groups excluding carboxylic acids is 4. The minimum atomic E-state index is -1.09. The van der Waals surface area contributed by atoms with Gasteiger partial charge in [-0.2, -0.15) is 0 Å². The fourth-order valence-electron chi connectivity index (χ4n) is 2.22. The van der Waals surface area contributed by atoms with Crippen LogP contribution >= 0.6 is 11.8 Å². The van der Waals surface area contributed by atoms with E-state index in [1.807, 2.05) is 0 Å². The van der Waals surface area contributed by atoms with Gasteiger partial charge in [0.2, 0.25) is 12.7 Å². The fraction of sp³-hybridized carbons (Fsp3) is 0.524. The standard InChI is InChI=1S/C21H29NO7S/c1-13(2)17(23)22-16(19(25)29-14(3)4)21(5,6)30-20(26)28-12-27-18(24)15-10-8-7-9-11-15/h7-11,13-14,16H,12H2,1-6H3,(H,22,23). The Balaban J connectivity index is 2.71. The van der Waals surface area contributed by atoms with Gasteiger partial charge in [0, 0.05) is 5.92 Å². The second kappa shape index (κ2) is 11.6. The number of thioether (sulfide) groups is 1. The number of nitrogens with one attached hydrogen (secondary N) is 1. The molecule has 0 spiro atoms. The van der Waals surface area contributed by atoms with Crippen molar-refractivity contribution in [1.29, 1.82) is 0 Å². The van der Waals surface area contributed by atoms with Crippen molar-refractivity contribution in [3.63, 3.8) is 0 Å². The van der Waals surface area contributed by atoms with Gasteiger partial charge in [0.05, 0.1) is 16.4 Å². The summed E-state index contributed by atoms with van der Waals surface area (Å²) >= 11 is 0.699. The van der Waals surface area contributed by atoms with Gasteiger partial charge in [-0.1, -0.05) is 32.0 Å². The Bertz CT molecular complexity index is 747. The Labute approximate surface area is 181 Å². The molecule has 0 bridgehead atoms. The van der Waals surface area contributed by atoms with Crippen LogP contribution in [-0.4, -0.2) is 46.8 Å². The topological polar surface area (TPSA) is 108 Å². The molecule has 0 saturated heterocycles. The quantitative estimate of drug-likeness (QED) is 0.460. The van der Waals surface area contributed by atoms with E-state index in [0.29, 0.717) is 17.3 Å². The Hall–Kier alpha value is -2.55. The largest absolute Gasteiger partial charge is 0.461 e. The molecule has 8 nitrogen and oxygen atoms in total. The molecule has 0 fully saturated rings. The molecule has 0 aliphatic rings. The first-order valence-corrected chi connectivity index (χ1v) is 10.3. The van der Waals surface area contributed by atoms with E-state index in [9.17, 15) is 19.2 Å². The van der Waals surface area contributed by atoms with Crippen LogP contribution in [0.2, 0.25) is 0 Å². The van der Waals surface area contributed by atoms with Crippen LogP contribution < -0.4 is 5.32 Å². The highest BCUT2D eigenvalue weighted by atomic mass is 32.2. The number of ether oxygens (including phenoxy) is 3. The van der Waals surface area contributed by atoms with Crippen molar-refractivity contribution in [2.45, 2.75) is 58.4 Å². The molecule has 9 heteroatoms. The first kappa shape index (κ1) is 25.5. The SMILES string of the molecule is CC(C)OC(=O)C(NC(=O)C(C)C)C(C)(C)SC(=O)OCOC(=O)c1ccccc1. The maximum Gasteiger partial charge on any atom is 0.370 e. The van der Waals surface area contributed by atoms with Gasteiger partial charge in [-0.3, -0.25) is 4.79 Å². The van der Waals surface area contributed by atoms with E-state index in [1.165, 1.54) is 0 Å². The van der Waals surface area contributed by atoms with Gasteiger partial charge >= 0.3 is 17.2 Å². The molecule has 0 radical (unpaired) electrons. The average Bonchev–Trinajstić information content (AvgIpc) is 2.65. The Morgan fingerprint density at radius 3 is 2.13 bits per heavy atom. The van der Waals surface area contributed by atoms with Crippen LogP contribution in [0.5, 0.6) is 0 Å². The number of esters is 2. The van der Waals surface area contributed by atoms with Gasteiger partial charge in [0.15, 0.2) is 0 Å². The maximum absolute atomic E-state index is 12.5. The summed E-state index contributed by atoms with van der Waals surface area (Å²) in [6.07, 6.45) is -0.388. The van der Waals surface area contributed by atoms with Gasteiger partial charge < -0.3 is 19.5 Å². The minimum absolute atomic E-state index is 0.328. The Morgan fingerprint density at radius 1 is 1.00 bits per heavy atom. The molecular formula is C21H29NO7S. The van der Waals surface area contributed by atoms with Crippen LogP contribution in [0, 0.1) is 5.92 Å². The highest BCUT2D eigenvalue weighted by Crippen LogP contribution is 2.31. The molecule has 0 saturated carbocycles. The summed E-state index contributed by atoms with van der Waals surface area (Å²) in [4.78, 5) is 48.8. The lowest BCUT2D eigenvalue weighted by Gasteiger charge is -2.32. The van der Waals surface area contributed by atoms with Crippen LogP contribution in [0.25, 0.3) is 0 Å². The summed E-state index contributed by atoms with van der Waals surface area (Å²) in [6, 6.07) is 7.19. The average molecular weight is 440 g/mol. The van der Waals surface area contributed by atoms with Crippen molar-refractivity contribution >= 4 is 34.9 Å². The fourth-order valence-corrected chi connectivity index (χ4v) is 3.03. The summed E-state index contributed by atoms with van der Waals surface area (Å²) in [5.41, 5.74) is 0.328. The van der Waals surface area contributed by atoms with E-state index >= 15 is 0 Å². The highest BCUT2D eigenvalue weighted by Gasteiger charge is 2.41. The summed E-state index contributed by atoms with van der Waals surface area (Å²) in [6.45, 7) is 9.41. The van der Waals surface area contributed by atoms with Gasteiger partial charge in [0.1, 0.15) is 6.04 Å². The number of hydrogen-bond acceptors (Lipinski definition) is 8. The summed E-state index contributed by atoms with van der Waals surface area (Å²) < 4.78 is 14.0. The van der Waals surface area contributed by atoms with Crippen molar-refractivity contribution in [1.82, 2.24) is 5.32 Å². The summed E-state index contributed by atoms with van der Waals surface area (Å²) in [7, 11) is 0. The van der Waals surface area contributed by atoms with Gasteiger partial charge in [0.25, 0.3) is 0 Å². The van der Waals surface area contributed by atoms with E-state index in [-0.39, 0.29) is 17.9 Å². The number of rotatable bonds is 9. The van der Waals surface area contributed by atoms with Crippen molar-refractivity contribution in [2.75, 3.05) is 6.79 Å².